The second-order valence-electron chi connectivity index (χ2n) is 6.11. The van der Waals surface area contributed by atoms with Crippen LogP contribution in [0.5, 0.6) is 0 Å². The SMILES string of the molecule is O=C(C1CCCCC1)N1CCC(C2OCCO2)CC1. The Morgan fingerprint density at radius 1 is 0.895 bits per heavy atom. The van der Waals surface area contributed by atoms with Gasteiger partial charge in [-0.15, -0.1) is 0 Å². The van der Waals surface area contributed by atoms with Crippen LogP contribution in [0.1, 0.15) is 44.9 Å². The average molecular weight is 267 g/mol. The molecule has 108 valence electrons. The van der Waals surface area contributed by atoms with Gasteiger partial charge in [0, 0.05) is 24.9 Å². The monoisotopic (exact) mass is 267 g/mol. The highest BCUT2D eigenvalue weighted by Gasteiger charge is 2.33. The number of ether oxygens (including phenoxy) is 2. The van der Waals surface area contributed by atoms with E-state index < -0.39 is 0 Å². The number of hydrogen-bond acceptors (Lipinski definition) is 3. The van der Waals surface area contributed by atoms with Crippen molar-refractivity contribution in [3.8, 4) is 0 Å². The molecule has 1 amide bonds. The van der Waals surface area contributed by atoms with Crippen LogP contribution in [0.3, 0.4) is 0 Å². The van der Waals surface area contributed by atoms with Crippen LogP contribution in [0.15, 0.2) is 0 Å². The zero-order valence-electron chi connectivity index (χ0n) is 11.7. The molecular formula is C15H25NO3. The lowest BCUT2D eigenvalue weighted by Crippen LogP contribution is -2.44. The van der Waals surface area contributed by atoms with E-state index in [4.69, 9.17) is 9.47 Å². The largest absolute Gasteiger partial charge is 0.350 e. The zero-order valence-corrected chi connectivity index (χ0v) is 11.7. The van der Waals surface area contributed by atoms with Gasteiger partial charge in [-0.1, -0.05) is 19.3 Å². The molecule has 4 heteroatoms. The smallest absolute Gasteiger partial charge is 0.225 e. The minimum atomic E-state index is -0.00747. The molecule has 2 saturated heterocycles. The normalized spacial score (nSPS) is 27.9. The minimum Gasteiger partial charge on any atom is -0.350 e. The predicted octanol–water partition coefficient (Wildman–Crippen LogP) is 2.18. The molecule has 1 aliphatic carbocycles. The number of hydrogen-bond donors (Lipinski definition) is 0. The van der Waals surface area contributed by atoms with Crippen LogP contribution in [0.2, 0.25) is 0 Å². The molecule has 0 unspecified atom stereocenters. The van der Waals surface area contributed by atoms with Gasteiger partial charge in [-0.2, -0.15) is 0 Å². The van der Waals surface area contributed by atoms with Crippen molar-refractivity contribution >= 4 is 5.91 Å². The molecule has 19 heavy (non-hydrogen) atoms. The van der Waals surface area contributed by atoms with Gasteiger partial charge in [0.2, 0.25) is 5.91 Å². The lowest BCUT2D eigenvalue weighted by molar-refractivity contribution is -0.141. The fourth-order valence-electron chi connectivity index (χ4n) is 3.65. The van der Waals surface area contributed by atoms with E-state index in [1.165, 1.54) is 19.3 Å². The number of amides is 1. The molecule has 0 bridgehead atoms. The van der Waals surface area contributed by atoms with Gasteiger partial charge in [-0.05, 0) is 25.7 Å². The molecule has 3 fully saturated rings. The van der Waals surface area contributed by atoms with Crippen LogP contribution in [0, 0.1) is 11.8 Å². The third-order valence-corrected chi connectivity index (χ3v) is 4.84. The number of nitrogens with zero attached hydrogens (tertiary/aromatic N) is 1. The Morgan fingerprint density at radius 3 is 2.16 bits per heavy atom. The third kappa shape index (κ3) is 3.11. The molecule has 0 spiro atoms. The summed E-state index contributed by atoms with van der Waals surface area (Å²) in [6.07, 6.45) is 8.04. The summed E-state index contributed by atoms with van der Waals surface area (Å²) in [5.41, 5.74) is 0. The van der Waals surface area contributed by atoms with Crippen molar-refractivity contribution in [2.45, 2.75) is 51.2 Å². The standard InChI is InChI=1S/C15H25NO3/c17-14(12-4-2-1-3-5-12)16-8-6-13(7-9-16)15-18-10-11-19-15/h12-13,15H,1-11H2. The van der Waals surface area contributed by atoms with Crippen molar-refractivity contribution in [3.63, 3.8) is 0 Å². The van der Waals surface area contributed by atoms with Crippen molar-refractivity contribution < 1.29 is 14.3 Å². The molecule has 3 aliphatic rings. The number of rotatable bonds is 2. The van der Waals surface area contributed by atoms with E-state index in [1.807, 2.05) is 0 Å². The topological polar surface area (TPSA) is 38.8 Å². The number of carbonyl (C=O) groups excluding carboxylic acids is 1. The van der Waals surface area contributed by atoms with Gasteiger partial charge in [0.1, 0.15) is 0 Å². The highest BCUT2D eigenvalue weighted by molar-refractivity contribution is 5.79. The third-order valence-electron chi connectivity index (χ3n) is 4.84. The molecule has 4 nitrogen and oxygen atoms in total. The van der Waals surface area contributed by atoms with Gasteiger partial charge >= 0.3 is 0 Å². The summed E-state index contributed by atoms with van der Waals surface area (Å²) >= 11 is 0. The van der Waals surface area contributed by atoms with Crippen LogP contribution >= 0.6 is 0 Å². The van der Waals surface area contributed by atoms with E-state index in [9.17, 15) is 4.79 Å². The summed E-state index contributed by atoms with van der Waals surface area (Å²) in [5.74, 6) is 1.20. The van der Waals surface area contributed by atoms with Gasteiger partial charge in [-0.25, -0.2) is 0 Å². The molecule has 0 atom stereocenters. The molecule has 0 N–H and O–H groups in total. The Kier molecular flexibility index (Phi) is 4.38. The second-order valence-corrected chi connectivity index (χ2v) is 6.11. The van der Waals surface area contributed by atoms with Gasteiger partial charge in [0.25, 0.3) is 0 Å². The number of likely N-dealkylation sites (tertiary alicyclic amines) is 1. The lowest BCUT2D eigenvalue weighted by Gasteiger charge is -2.36. The van der Waals surface area contributed by atoms with Gasteiger partial charge in [0.05, 0.1) is 13.2 Å². The van der Waals surface area contributed by atoms with Crippen LogP contribution in [0.4, 0.5) is 0 Å². The summed E-state index contributed by atoms with van der Waals surface area (Å²) in [5, 5.41) is 0. The minimum absolute atomic E-state index is 0.00747. The Balaban J connectivity index is 1.47. The fourth-order valence-corrected chi connectivity index (χ4v) is 3.65. The zero-order chi connectivity index (χ0) is 13.1. The van der Waals surface area contributed by atoms with E-state index in [-0.39, 0.29) is 6.29 Å². The van der Waals surface area contributed by atoms with Gasteiger partial charge in [0.15, 0.2) is 6.29 Å². The Morgan fingerprint density at radius 2 is 1.53 bits per heavy atom. The molecule has 0 radical (unpaired) electrons. The van der Waals surface area contributed by atoms with E-state index in [0.29, 0.717) is 17.7 Å². The van der Waals surface area contributed by atoms with Crippen LogP contribution in [-0.2, 0) is 14.3 Å². The Hall–Kier alpha value is -0.610. The summed E-state index contributed by atoms with van der Waals surface area (Å²) < 4.78 is 11.2. The van der Waals surface area contributed by atoms with E-state index >= 15 is 0 Å². The maximum atomic E-state index is 12.4. The number of piperidine rings is 1. The van der Waals surface area contributed by atoms with Crippen molar-refractivity contribution in [2.75, 3.05) is 26.3 Å². The van der Waals surface area contributed by atoms with E-state index in [2.05, 4.69) is 4.90 Å². The molecule has 1 saturated carbocycles. The number of carbonyl (C=O) groups is 1. The fraction of sp³-hybridized carbons (Fsp3) is 0.933. The molecule has 2 heterocycles. The Labute approximate surface area is 115 Å². The predicted molar refractivity (Wildman–Crippen MR) is 71.6 cm³/mol. The molecule has 0 aromatic rings. The van der Waals surface area contributed by atoms with Crippen LogP contribution < -0.4 is 0 Å². The Bertz CT molecular complexity index is 301. The molecule has 3 rings (SSSR count). The van der Waals surface area contributed by atoms with E-state index in [1.54, 1.807) is 0 Å². The molecule has 2 aliphatic heterocycles. The van der Waals surface area contributed by atoms with E-state index in [0.717, 1.165) is 52.0 Å². The quantitative estimate of drug-likeness (QED) is 0.769. The second kappa shape index (κ2) is 6.23. The summed E-state index contributed by atoms with van der Waals surface area (Å²) in [7, 11) is 0. The summed E-state index contributed by atoms with van der Waals surface area (Å²) in [6, 6.07) is 0. The van der Waals surface area contributed by atoms with Crippen molar-refractivity contribution in [1.82, 2.24) is 4.90 Å². The first-order valence-electron chi connectivity index (χ1n) is 7.86. The molecule has 0 aromatic heterocycles. The van der Waals surface area contributed by atoms with Crippen molar-refractivity contribution in [3.05, 3.63) is 0 Å². The first kappa shape index (κ1) is 13.4. The first-order chi connectivity index (χ1) is 9.34. The van der Waals surface area contributed by atoms with Gasteiger partial charge in [-0.3, -0.25) is 4.79 Å². The van der Waals surface area contributed by atoms with Crippen molar-refractivity contribution in [1.29, 1.82) is 0 Å². The van der Waals surface area contributed by atoms with Crippen LogP contribution in [0.25, 0.3) is 0 Å². The van der Waals surface area contributed by atoms with Crippen molar-refractivity contribution in [2.24, 2.45) is 11.8 Å². The van der Waals surface area contributed by atoms with Gasteiger partial charge < -0.3 is 14.4 Å². The lowest BCUT2D eigenvalue weighted by atomic mass is 9.87. The van der Waals surface area contributed by atoms with Crippen LogP contribution in [-0.4, -0.2) is 43.4 Å². The highest BCUT2D eigenvalue weighted by atomic mass is 16.7. The highest BCUT2D eigenvalue weighted by Crippen LogP contribution is 2.29. The molecular weight excluding hydrogens is 242 g/mol. The average Bonchev–Trinajstić information content (AvgIpc) is 3.02. The maximum Gasteiger partial charge on any atom is 0.225 e. The first-order valence-corrected chi connectivity index (χ1v) is 7.86. The maximum absolute atomic E-state index is 12.4. The molecule has 0 aromatic carbocycles. The summed E-state index contributed by atoms with van der Waals surface area (Å²) in [4.78, 5) is 14.5. The summed E-state index contributed by atoms with van der Waals surface area (Å²) in [6.45, 7) is 3.24.